The Bertz CT molecular complexity index is 1170. The fourth-order valence-electron chi connectivity index (χ4n) is 3.19. The summed E-state index contributed by atoms with van der Waals surface area (Å²) in [7, 11) is 0. The van der Waals surface area contributed by atoms with Gasteiger partial charge in [0.15, 0.2) is 0 Å². The van der Waals surface area contributed by atoms with Crippen molar-refractivity contribution in [1.82, 2.24) is 0 Å². The molecule has 0 radical (unpaired) electrons. The van der Waals surface area contributed by atoms with Gasteiger partial charge in [-0.25, -0.2) is 4.99 Å². The third kappa shape index (κ3) is 4.04. The molecular weight excluding hydrogens is 394 g/mol. The Morgan fingerprint density at radius 3 is 2.30 bits per heavy atom. The van der Waals surface area contributed by atoms with Crippen LogP contribution in [0.15, 0.2) is 94.4 Å². The van der Waals surface area contributed by atoms with Crippen molar-refractivity contribution < 1.29 is 9.59 Å². The largest absolute Gasteiger partial charge is 0.326 e. The Labute approximate surface area is 180 Å². The molecule has 0 bridgehead atoms. The summed E-state index contributed by atoms with van der Waals surface area (Å²) >= 11 is 4.47. The SMILES string of the molecule is CC(=O)Nc1ccc(N2C(=O)/C(=C/c3ccccc3S)N=C2c2ccccc2)cc1. The van der Waals surface area contributed by atoms with E-state index in [2.05, 4.69) is 22.9 Å². The van der Waals surface area contributed by atoms with E-state index in [1.807, 2.05) is 54.6 Å². The summed E-state index contributed by atoms with van der Waals surface area (Å²) in [5, 5.41) is 2.73. The second kappa shape index (κ2) is 8.39. The van der Waals surface area contributed by atoms with Crippen LogP contribution in [0.1, 0.15) is 18.1 Å². The monoisotopic (exact) mass is 413 g/mol. The molecule has 1 N–H and O–H groups in total. The summed E-state index contributed by atoms with van der Waals surface area (Å²) in [6, 6.07) is 24.2. The van der Waals surface area contributed by atoms with Gasteiger partial charge in [-0.3, -0.25) is 14.5 Å². The Morgan fingerprint density at radius 1 is 0.967 bits per heavy atom. The molecule has 3 aromatic carbocycles. The first kappa shape index (κ1) is 19.7. The molecule has 3 aromatic rings. The van der Waals surface area contributed by atoms with E-state index in [0.717, 1.165) is 16.0 Å². The van der Waals surface area contributed by atoms with E-state index in [-0.39, 0.29) is 11.8 Å². The van der Waals surface area contributed by atoms with Crippen LogP contribution in [-0.4, -0.2) is 17.6 Å². The average Bonchev–Trinajstić information content (AvgIpc) is 3.07. The number of hydrogen-bond donors (Lipinski definition) is 2. The fraction of sp³-hybridized carbons (Fsp3) is 0.0417. The summed E-state index contributed by atoms with van der Waals surface area (Å²) in [6.07, 6.45) is 1.75. The molecule has 1 heterocycles. The highest BCUT2D eigenvalue weighted by atomic mass is 32.1. The van der Waals surface area contributed by atoms with Crippen molar-refractivity contribution in [2.45, 2.75) is 11.8 Å². The van der Waals surface area contributed by atoms with Gasteiger partial charge in [0, 0.05) is 23.1 Å². The summed E-state index contributed by atoms with van der Waals surface area (Å²) in [6.45, 7) is 1.45. The van der Waals surface area contributed by atoms with Crippen molar-refractivity contribution in [1.29, 1.82) is 0 Å². The van der Waals surface area contributed by atoms with Gasteiger partial charge in [0.1, 0.15) is 11.5 Å². The number of benzene rings is 3. The molecule has 1 aliphatic heterocycles. The van der Waals surface area contributed by atoms with Crippen molar-refractivity contribution in [2.24, 2.45) is 4.99 Å². The number of carbonyl (C=O) groups is 2. The number of amidine groups is 1. The molecule has 30 heavy (non-hydrogen) atoms. The summed E-state index contributed by atoms with van der Waals surface area (Å²) in [4.78, 5) is 31.6. The molecule has 0 aliphatic carbocycles. The highest BCUT2D eigenvalue weighted by molar-refractivity contribution is 7.80. The summed E-state index contributed by atoms with van der Waals surface area (Å²) in [5.74, 6) is 0.177. The summed E-state index contributed by atoms with van der Waals surface area (Å²) in [5.41, 5.74) is 3.32. The number of anilines is 2. The number of rotatable bonds is 4. The third-order valence-electron chi connectivity index (χ3n) is 4.57. The van der Waals surface area contributed by atoms with Gasteiger partial charge in [-0.2, -0.15) is 0 Å². The molecule has 0 saturated carbocycles. The second-order valence-electron chi connectivity index (χ2n) is 6.76. The van der Waals surface area contributed by atoms with Crippen molar-refractivity contribution in [2.75, 3.05) is 10.2 Å². The Balaban J connectivity index is 1.77. The van der Waals surface area contributed by atoms with Crippen molar-refractivity contribution >= 4 is 47.7 Å². The van der Waals surface area contributed by atoms with Crippen LogP contribution in [0, 0.1) is 0 Å². The number of amides is 2. The lowest BCUT2D eigenvalue weighted by atomic mass is 10.1. The number of carbonyl (C=O) groups excluding carboxylic acids is 2. The molecule has 5 nitrogen and oxygen atoms in total. The quantitative estimate of drug-likeness (QED) is 0.478. The number of nitrogens with one attached hydrogen (secondary N) is 1. The molecule has 6 heteroatoms. The van der Waals surface area contributed by atoms with E-state index in [1.165, 1.54) is 6.92 Å². The van der Waals surface area contributed by atoms with Crippen LogP contribution in [0.25, 0.3) is 6.08 Å². The fourth-order valence-corrected chi connectivity index (χ4v) is 3.42. The van der Waals surface area contributed by atoms with Crippen LogP contribution in [0.4, 0.5) is 11.4 Å². The van der Waals surface area contributed by atoms with E-state index in [0.29, 0.717) is 22.9 Å². The molecule has 0 fully saturated rings. The van der Waals surface area contributed by atoms with Crippen LogP contribution < -0.4 is 10.2 Å². The van der Waals surface area contributed by atoms with Crippen LogP contribution in [0.3, 0.4) is 0 Å². The van der Waals surface area contributed by atoms with E-state index < -0.39 is 0 Å². The summed E-state index contributed by atoms with van der Waals surface area (Å²) < 4.78 is 0. The first-order chi connectivity index (χ1) is 14.5. The van der Waals surface area contributed by atoms with E-state index in [9.17, 15) is 9.59 Å². The van der Waals surface area contributed by atoms with Crippen LogP contribution >= 0.6 is 12.6 Å². The zero-order chi connectivity index (χ0) is 21.1. The second-order valence-corrected chi connectivity index (χ2v) is 7.24. The van der Waals surface area contributed by atoms with Crippen LogP contribution in [-0.2, 0) is 9.59 Å². The van der Waals surface area contributed by atoms with Gasteiger partial charge in [0.2, 0.25) is 5.91 Å². The van der Waals surface area contributed by atoms with Crippen molar-refractivity contribution in [3.63, 3.8) is 0 Å². The average molecular weight is 414 g/mol. The number of nitrogens with zero attached hydrogens (tertiary/aromatic N) is 2. The molecule has 148 valence electrons. The number of hydrogen-bond acceptors (Lipinski definition) is 4. The van der Waals surface area contributed by atoms with Gasteiger partial charge in [0.05, 0.1) is 5.69 Å². The Morgan fingerprint density at radius 2 is 1.63 bits per heavy atom. The van der Waals surface area contributed by atoms with Gasteiger partial charge >= 0.3 is 0 Å². The van der Waals surface area contributed by atoms with Gasteiger partial charge in [-0.1, -0.05) is 48.5 Å². The standard InChI is InChI=1S/C24H19N3O2S/c1-16(28)25-19-11-13-20(14-12-19)27-23(17-7-3-2-4-8-17)26-21(24(27)29)15-18-9-5-6-10-22(18)30/h2-15,30H,1H3,(H,25,28)/b21-15-. The molecule has 0 aromatic heterocycles. The molecule has 4 rings (SSSR count). The lowest BCUT2D eigenvalue weighted by Gasteiger charge is -2.19. The Hall–Kier alpha value is -3.64. The van der Waals surface area contributed by atoms with E-state index >= 15 is 0 Å². The first-order valence-electron chi connectivity index (χ1n) is 9.39. The van der Waals surface area contributed by atoms with Gasteiger partial charge in [0.25, 0.3) is 5.91 Å². The number of aliphatic imine (C=N–C) groups is 1. The molecule has 2 amide bonds. The number of thiol groups is 1. The van der Waals surface area contributed by atoms with Gasteiger partial charge in [-0.05, 0) is 42.0 Å². The lowest BCUT2D eigenvalue weighted by Crippen LogP contribution is -2.32. The predicted molar refractivity (Wildman–Crippen MR) is 123 cm³/mol. The zero-order valence-corrected chi connectivity index (χ0v) is 17.1. The van der Waals surface area contributed by atoms with Gasteiger partial charge < -0.3 is 5.32 Å². The lowest BCUT2D eigenvalue weighted by molar-refractivity contribution is -0.114. The first-order valence-corrected chi connectivity index (χ1v) is 9.83. The van der Waals surface area contributed by atoms with Crippen molar-refractivity contribution in [3.8, 4) is 0 Å². The topological polar surface area (TPSA) is 61.8 Å². The minimum Gasteiger partial charge on any atom is -0.326 e. The Kier molecular flexibility index (Phi) is 5.50. The van der Waals surface area contributed by atoms with Crippen molar-refractivity contribution in [3.05, 3.63) is 95.7 Å². The molecule has 0 spiro atoms. The smallest absolute Gasteiger partial charge is 0.282 e. The molecular formula is C24H19N3O2S. The van der Waals surface area contributed by atoms with Crippen LogP contribution in [0.5, 0.6) is 0 Å². The predicted octanol–water partition coefficient (Wildman–Crippen LogP) is 4.77. The van der Waals surface area contributed by atoms with E-state index in [4.69, 9.17) is 0 Å². The molecule has 1 aliphatic rings. The molecule has 0 unspecified atom stereocenters. The van der Waals surface area contributed by atoms with E-state index in [1.54, 1.807) is 35.2 Å². The minimum absolute atomic E-state index is 0.151. The van der Waals surface area contributed by atoms with Crippen LogP contribution in [0.2, 0.25) is 0 Å². The highest BCUT2D eigenvalue weighted by Gasteiger charge is 2.32. The highest BCUT2D eigenvalue weighted by Crippen LogP contribution is 2.29. The maximum atomic E-state index is 13.3. The normalized spacial score (nSPS) is 14.7. The maximum absolute atomic E-state index is 13.3. The molecule has 0 atom stereocenters. The molecule has 0 saturated heterocycles. The minimum atomic E-state index is -0.224. The maximum Gasteiger partial charge on any atom is 0.282 e. The van der Waals surface area contributed by atoms with Gasteiger partial charge in [-0.15, -0.1) is 12.6 Å². The zero-order valence-electron chi connectivity index (χ0n) is 16.2. The third-order valence-corrected chi connectivity index (χ3v) is 4.97.